The van der Waals surface area contributed by atoms with Gasteiger partial charge in [-0.2, -0.15) is 13.7 Å². The molecule has 0 saturated carbocycles. The van der Waals surface area contributed by atoms with E-state index in [1.165, 1.54) is 151 Å². The average molecular weight is 1230 g/mol. The Hall–Kier alpha value is -9.78. The first-order chi connectivity index (χ1) is 44.4. The number of aryl methyl sites for hydroxylation is 16. The summed E-state index contributed by atoms with van der Waals surface area (Å²) in [5.41, 5.74) is 35.4. The van der Waals surface area contributed by atoms with Gasteiger partial charge in [-0.1, -0.05) is 102 Å². The van der Waals surface area contributed by atoms with Crippen molar-refractivity contribution in [1.29, 1.82) is 0 Å². The molecular formula is C87H102N6+6. The first-order valence-corrected chi connectivity index (χ1v) is 32.5. The molecule has 6 aromatic heterocycles. The minimum absolute atomic E-state index is 1.26. The van der Waals surface area contributed by atoms with Crippen molar-refractivity contribution in [3.63, 3.8) is 0 Å². The lowest BCUT2D eigenvalue weighted by Gasteiger charge is -2.08. The third kappa shape index (κ3) is 18.3. The molecule has 0 unspecified atom stereocenters. The Morgan fingerprint density at radius 1 is 0.215 bits per heavy atom. The zero-order chi connectivity index (χ0) is 67.6. The molecule has 0 N–H and O–H groups in total. The van der Waals surface area contributed by atoms with E-state index in [0.717, 1.165) is 0 Å². The maximum atomic E-state index is 2.26. The van der Waals surface area contributed by atoms with Crippen LogP contribution in [-0.4, -0.2) is 0 Å². The molecule has 0 spiro atoms. The maximum absolute atomic E-state index is 2.26. The Morgan fingerprint density at radius 3 is 1.17 bits per heavy atom. The van der Waals surface area contributed by atoms with Crippen LogP contribution in [0.5, 0.6) is 0 Å². The van der Waals surface area contributed by atoms with Gasteiger partial charge in [0.25, 0.3) is 0 Å². The lowest BCUT2D eigenvalue weighted by molar-refractivity contribution is -0.667. The van der Waals surface area contributed by atoms with Gasteiger partial charge in [0.1, 0.15) is 42.3 Å². The fourth-order valence-corrected chi connectivity index (χ4v) is 11.8. The van der Waals surface area contributed by atoms with E-state index in [1.54, 1.807) is 0 Å². The molecule has 474 valence electrons. The number of aromatic nitrogens is 6. The third-order valence-corrected chi connectivity index (χ3v) is 18.0. The molecule has 0 aliphatic carbocycles. The summed E-state index contributed by atoms with van der Waals surface area (Å²) in [5, 5.41) is 0. The second-order valence-electron chi connectivity index (χ2n) is 25.1. The van der Waals surface area contributed by atoms with Gasteiger partial charge < -0.3 is 0 Å². The van der Waals surface area contributed by atoms with Crippen molar-refractivity contribution in [2.45, 2.75) is 104 Å². The molecule has 0 radical (unpaired) electrons. The van der Waals surface area contributed by atoms with Crippen LogP contribution in [-0.2, 0) is 42.3 Å². The van der Waals surface area contributed by atoms with Crippen LogP contribution in [0.3, 0.4) is 0 Å². The summed E-state index contributed by atoms with van der Waals surface area (Å²) in [6, 6.07) is 77.2. The SMILES string of the molecule is Cc1cc(C)[n+](C)c(-c2ccccc2C)c1.Cc1ccc(-c2cccc[n+]2C)c(C)c1.Cc1ccc(C)c(-c2cccc[n+]2C)c1.Cc1cccc(-c2cccc[n+]2C)c1C.Cc1ccccc1-c1c(C)ccc(C)[n+]1C.Cc1ccccc1-c1ccc(C)c(C)[n+]1C. The molecule has 6 heteroatoms. The van der Waals surface area contributed by atoms with Crippen LogP contribution in [0.4, 0.5) is 0 Å². The van der Waals surface area contributed by atoms with Crippen molar-refractivity contribution in [1.82, 2.24) is 0 Å². The van der Waals surface area contributed by atoms with E-state index in [2.05, 4.69) is 404 Å². The number of benzene rings is 6. The molecule has 6 heterocycles. The van der Waals surface area contributed by atoms with Gasteiger partial charge in [0, 0.05) is 126 Å². The fourth-order valence-electron chi connectivity index (χ4n) is 11.8. The van der Waals surface area contributed by atoms with E-state index < -0.39 is 0 Å². The summed E-state index contributed by atoms with van der Waals surface area (Å²) >= 11 is 0. The lowest BCUT2D eigenvalue weighted by Crippen LogP contribution is -2.35. The van der Waals surface area contributed by atoms with E-state index in [9.17, 15) is 0 Å². The van der Waals surface area contributed by atoms with E-state index in [0.29, 0.717) is 0 Å². The third-order valence-electron chi connectivity index (χ3n) is 18.0. The molecule has 0 aliphatic rings. The van der Waals surface area contributed by atoms with Gasteiger partial charge in [0.2, 0.25) is 34.2 Å². The molecule has 0 atom stereocenters. The Kier molecular flexibility index (Phi) is 25.1. The van der Waals surface area contributed by atoms with Gasteiger partial charge in [0.15, 0.2) is 35.7 Å². The first kappa shape index (κ1) is 70.7. The topological polar surface area (TPSA) is 23.3 Å². The Bertz CT molecular complexity index is 4490. The quantitative estimate of drug-likeness (QED) is 0.148. The van der Waals surface area contributed by atoms with Crippen molar-refractivity contribution >= 4 is 0 Å². The number of pyridine rings is 6. The predicted molar refractivity (Wildman–Crippen MR) is 389 cm³/mol. The van der Waals surface area contributed by atoms with Gasteiger partial charge in [-0.25, -0.2) is 13.7 Å². The van der Waals surface area contributed by atoms with Crippen LogP contribution in [0.2, 0.25) is 0 Å². The van der Waals surface area contributed by atoms with Crippen molar-refractivity contribution in [2.24, 2.45) is 42.3 Å². The zero-order valence-corrected chi connectivity index (χ0v) is 59.7. The van der Waals surface area contributed by atoms with Gasteiger partial charge >= 0.3 is 0 Å². The van der Waals surface area contributed by atoms with Gasteiger partial charge in [0.05, 0.1) is 0 Å². The summed E-state index contributed by atoms with van der Waals surface area (Å²) in [7, 11) is 12.6. The van der Waals surface area contributed by atoms with Crippen LogP contribution in [0.15, 0.2) is 237 Å². The highest BCUT2D eigenvalue weighted by molar-refractivity contribution is 5.66. The van der Waals surface area contributed by atoms with Crippen LogP contribution in [0, 0.1) is 104 Å². The van der Waals surface area contributed by atoms with Crippen molar-refractivity contribution in [3.8, 4) is 67.5 Å². The molecule has 0 amide bonds. The Balaban J connectivity index is 0.000000158. The number of hydrogen-bond acceptors (Lipinski definition) is 0. The number of hydrogen-bond donors (Lipinski definition) is 0. The Labute approximate surface area is 558 Å². The molecule has 0 saturated heterocycles. The minimum atomic E-state index is 1.26. The van der Waals surface area contributed by atoms with Crippen molar-refractivity contribution < 1.29 is 27.4 Å². The van der Waals surface area contributed by atoms with E-state index >= 15 is 0 Å². The van der Waals surface area contributed by atoms with E-state index in [4.69, 9.17) is 0 Å². The summed E-state index contributed by atoms with van der Waals surface area (Å²) in [6.07, 6.45) is 6.24. The van der Waals surface area contributed by atoms with Crippen LogP contribution >= 0.6 is 0 Å². The molecule has 6 aromatic carbocycles. The highest BCUT2D eigenvalue weighted by Crippen LogP contribution is 2.27. The smallest absolute Gasteiger partial charge is 0.201 e. The maximum Gasteiger partial charge on any atom is 0.215 e. The molecule has 12 rings (SSSR count). The first-order valence-electron chi connectivity index (χ1n) is 32.5. The van der Waals surface area contributed by atoms with E-state index in [-0.39, 0.29) is 0 Å². The summed E-state index contributed by atoms with van der Waals surface area (Å²) in [5.74, 6) is 0. The van der Waals surface area contributed by atoms with Crippen molar-refractivity contribution in [3.05, 3.63) is 321 Å². The highest BCUT2D eigenvalue weighted by Gasteiger charge is 2.20. The molecule has 12 aromatic rings. The van der Waals surface area contributed by atoms with Crippen LogP contribution < -0.4 is 27.4 Å². The monoisotopic (exact) mass is 1230 g/mol. The molecule has 0 aliphatic heterocycles. The molecule has 0 fully saturated rings. The van der Waals surface area contributed by atoms with Gasteiger partial charge in [-0.3, -0.25) is 0 Å². The second-order valence-corrected chi connectivity index (χ2v) is 25.1. The number of nitrogens with zero attached hydrogens (tertiary/aromatic N) is 6. The Morgan fingerprint density at radius 2 is 0.634 bits per heavy atom. The molecule has 93 heavy (non-hydrogen) atoms. The van der Waals surface area contributed by atoms with E-state index in [1.807, 2.05) is 6.07 Å². The largest absolute Gasteiger partial charge is 0.215 e. The summed E-state index contributed by atoms with van der Waals surface area (Å²) < 4.78 is 13.2. The van der Waals surface area contributed by atoms with Crippen LogP contribution in [0.1, 0.15) is 83.8 Å². The van der Waals surface area contributed by atoms with Gasteiger partial charge in [-0.05, 0) is 194 Å². The minimum Gasteiger partial charge on any atom is -0.201 e. The molecule has 0 bridgehead atoms. The molecular weight excluding hydrogens is 1130 g/mol. The van der Waals surface area contributed by atoms with Crippen molar-refractivity contribution in [2.75, 3.05) is 0 Å². The lowest BCUT2D eigenvalue weighted by atomic mass is 10.0. The number of rotatable bonds is 6. The standard InChI is InChI=1S/3C15H18N.3C14H16N/c1-11-9-13(3)16(4)15(10-11)14-8-6-5-7-12(14)2;1-11-9-10-15(16(4)13(11)3)14-8-6-5-7-12(14)2;1-11-7-5-6-8-14(11)15-12(2)9-10-13(3)16(15)4;1-11-7-6-8-13(12(11)2)14-9-4-5-10-15(14)3;1-11-7-8-13(12(2)10-11)14-6-4-5-9-15(14)3;1-11-7-8-12(2)13(10-11)14-6-4-5-9-15(14)3/h3*5-10H,1-4H3;3*4-10H,1-3H3/q6*+1. The van der Waals surface area contributed by atoms with Gasteiger partial charge in [-0.15, -0.1) is 0 Å². The second kappa shape index (κ2) is 33.0. The summed E-state index contributed by atoms with van der Waals surface area (Å²) in [6.45, 7) is 32.3. The summed E-state index contributed by atoms with van der Waals surface area (Å²) in [4.78, 5) is 0. The van der Waals surface area contributed by atoms with Crippen LogP contribution in [0.25, 0.3) is 67.5 Å². The normalized spacial score (nSPS) is 10.4. The zero-order valence-electron chi connectivity index (χ0n) is 59.7. The highest BCUT2D eigenvalue weighted by atomic mass is 15.0. The molecule has 6 nitrogen and oxygen atoms in total. The fraction of sp³-hybridized carbons (Fsp3) is 0.241. The predicted octanol–water partition coefficient (Wildman–Crippen LogP) is 17.7. The average Bonchev–Trinajstić information content (AvgIpc) is 1.34.